The average molecular weight is 299 g/mol. The van der Waals surface area contributed by atoms with Crippen molar-refractivity contribution in [3.63, 3.8) is 0 Å². The first-order chi connectivity index (χ1) is 9.28. The molecule has 1 fully saturated rings. The molecule has 0 bridgehead atoms. The molecule has 1 heterocycles. The van der Waals surface area contributed by atoms with E-state index in [1.165, 1.54) is 12.1 Å². The van der Waals surface area contributed by atoms with Gasteiger partial charge >= 0.3 is 5.97 Å². The van der Waals surface area contributed by atoms with Gasteiger partial charge in [0.05, 0.1) is 23.1 Å². The molecule has 6 nitrogen and oxygen atoms in total. The molecule has 2 unspecified atom stereocenters. The Morgan fingerprint density at radius 3 is 2.35 bits per heavy atom. The number of ether oxygens (including phenoxy) is 1. The minimum atomic E-state index is -3.09. The minimum Gasteiger partial charge on any atom is -0.488 e. The van der Waals surface area contributed by atoms with Gasteiger partial charge in [-0.15, -0.1) is 0 Å². The Hall–Kier alpha value is -1.60. The second kappa shape index (κ2) is 5.41. The summed E-state index contributed by atoms with van der Waals surface area (Å²) >= 11 is 0. The van der Waals surface area contributed by atoms with Crippen LogP contribution in [-0.4, -0.2) is 62.1 Å². The first-order valence-electron chi connectivity index (χ1n) is 6.15. The molecule has 1 aromatic carbocycles. The summed E-state index contributed by atoms with van der Waals surface area (Å²) in [5.41, 5.74) is 0.167. The Labute approximate surface area is 117 Å². The Morgan fingerprint density at radius 2 is 1.85 bits per heavy atom. The van der Waals surface area contributed by atoms with Gasteiger partial charge in [-0.2, -0.15) is 0 Å². The molecule has 0 radical (unpaired) electrons. The van der Waals surface area contributed by atoms with Gasteiger partial charge in [-0.05, 0) is 38.4 Å². The Balaban J connectivity index is 2.14. The molecule has 1 aliphatic heterocycles. The van der Waals surface area contributed by atoms with Crippen LogP contribution in [0.4, 0.5) is 0 Å². The standard InChI is InChI=1S/C13H17NO5S/c1-14(2)11-7-20(17,18)8-12(11)19-10-5-3-9(4-6-10)13(15)16/h3-6,11-12H,7-8H2,1-2H3,(H,15,16). The van der Waals surface area contributed by atoms with E-state index in [0.29, 0.717) is 5.75 Å². The zero-order valence-corrected chi connectivity index (χ0v) is 12.1. The summed E-state index contributed by atoms with van der Waals surface area (Å²) in [6.45, 7) is 0. The maximum absolute atomic E-state index is 11.7. The van der Waals surface area contributed by atoms with Gasteiger partial charge in [-0.3, -0.25) is 0 Å². The molecule has 0 aromatic heterocycles. The van der Waals surface area contributed by atoms with Gasteiger partial charge in [0, 0.05) is 0 Å². The van der Waals surface area contributed by atoms with Gasteiger partial charge < -0.3 is 14.7 Å². The number of benzene rings is 1. The number of carbonyl (C=O) groups is 1. The van der Waals surface area contributed by atoms with Crippen molar-refractivity contribution in [1.82, 2.24) is 4.90 Å². The molecule has 0 saturated carbocycles. The number of sulfone groups is 1. The van der Waals surface area contributed by atoms with Crippen LogP contribution in [0, 0.1) is 0 Å². The number of nitrogens with zero attached hydrogens (tertiary/aromatic N) is 1. The summed E-state index contributed by atoms with van der Waals surface area (Å²) < 4.78 is 29.1. The van der Waals surface area contributed by atoms with Crippen molar-refractivity contribution < 1.29 is 23.1 Å². The maximum Gasteiger partial charge on any atom is 0.335 e. The van der Waals surface area contributed by atoms with Gasteiger partial charge in [0.1, 0.15) is 11.9 Å². The van der Waals surface area contributed by atoms with Gasteiger partial charge in [-0.1, -0.05) is 0 Å². The molecule has 1 N–H and O–H groups in total. The van der Waals surface area contributed by atoms with Crippen LogP contribution in [0.5, 0.6) is 5.75 Å². The third kappa shape index (κ3) is 3.29. The molecule has 0 aliphatic carbocycles. The molecule has 0 spiro atoms. The second-order valence-corrected chi connectivity index (χ2v) is 7.25. The zero-order chi connectivity index (χ0) is 14.9. The van der Waals surface area contributed by atoms with Crippen LogP contribution in [0.3, 0.4) is 0 Å². The molecular formula is C13H17NO5S. The van der Waals surface area contributed by atoms with Crippen molar-refractivity contribution in [2.75, 3.05) is 25.6 Å². The molecule has 1 aliphatic rings. The SMILES string of the molecule is CN(C)C1CS(=O)(=O)CC1Oc1ccc(C(=O)O)cc1. The molecule has 1 aromatic rings. The minimum absolute atomic E-state index is 0.0173. The zero-order valence-electron chi connectivity index (χ0n) is 11.3. The van der Waals surface area contributed by atoms with Crippen LogP contribution in [-0.2, 0) is 9.84 Å². The lowest BCUT2D eigenvalue weighted by atomic mass is 10.2. The summed E-state index contributed by atoms with van der Waals surface area (Å²) in [5.74, 6) is -0.468. The number of rotatable bonds is 4. The Morgan fingerprint density at radius 1 is 1.25 bits per heavy atom. The normalized spacial score (nSPS) is 24.8. The first kappa shape index (κ1) is 14.8. The largest absolute Gasteiger partial charge is 0.488 e. The topological polar surface area (TPSA) is 83.9 Å². The second-order valence-electron chi connectivity index (χ2n) is 5.09. The summed E-state index contributed by atoms with van der Waals surface area (Å²) in [6.07, 6.45) is -0.439. The van der Waals surface area contributed by atoms with E-state index in [1.807, 2.05) is 19.0 Å². The van der Waals surface area contributed by atoms with Crippen molar-refractivity contribution in [1.29, 1.82) is 0 Å². The lowest BCUT2D eigenvalue weighted by molar-refractivity contribution is 0.0697. The quantitative estimate of drug-likeness (QED) is 0.871. The molecule has 20 heavy (non-hydrogen) atoms. The highest BCUT2D eigenvalue weighted by molar-refractivity contribution is 7.91. The highest BCUT2D eigenvalue weighted by atomic mass is 32.2. The van der Waals surface area contributed by atoms with Crippen LogP contribution in [0.2, 0.25) is 0 Å². The highest BCUT2D eigenvalue weighted by Crippen LogP contribution is 2.23. The number of carboxylic acids is 1. The van der Waals surface area contributed by atoms with E-state index in [9.17, 15) is 13.2 Å². The van der Waals surface area contributed by atoms with E-state index in [-0.39, 0.29) is 23.1 Å². The Bertz CT molecular complexity index is 594. The van der Waals surface area contributed by atoms with E-state index in [0.717, 1.165) is 0 Å². The van der Waals surface area contributed by atoms with Crippen LogP contribution in [0.15, 0.2) is 24.3 Å². The number of hydrogen-bond donors (Lipinski definition) is 1. The summed E-state index contributed by atoms with van der Waals surface area (Å²) in [5, 5.41) is 8.82. The summed E-state index contributed by atoms with van der Waals surface area (Å²) in [4.78, 5) is 12.6. The third-order valence-corrected chi connectivity index (χ3v) is 5.01. The fourth-order valence-corrected chi connectivity index (χ4v) is 4.20. The molecular weight excluding hydrogens is 282 g/mol. The molecule has 2 rings (SSSR count). The van der Waals surface area contributed by atoms with Crippen LogP contribution in [0.25, 0.3) is 0 Å². The Kier molecular flexibility index (Phi) is 4.01. The molecule has 0 amide bonds. The number of aromatic carboxylic acids is 1. The monoisotopic (exact) mass is 299 g/mol. The summed E-state index contributed by atoms with van der Waals surface area (Å²) in [6, 6.07) is 5.76. The van der Waals surface area contributed by atoms with Crippen molar-refractivity contribution in [3.8, 4) is 5.75 Å². The van der Waals surface area contributed by atoms with Crippen LogP contribution in [0.1, 0.15) is 10.4 Å². The first-order valence-corrected chi connectivity index (χ1v) is 7.97. The van der Waals surface area contributed by atoms with E-state index in [2.05, 4.69) is 0 Å². The smallest absolute Gasteiger partial charge is 0.335 e. The summed E-state index contributed by atoms with van der Waals surface area (Å²) in [7, 11) is 0.538. The average Bonchev–Trinajstić information content (AvgIpc) is 2.65. The fourth-order valence-electron chi connectivity index (χ4n) is 2.24. The van der Waals surface area contributed by atoms with Crippen molar-refractivity contribution in [2.24, 2.45) is 0 Å². The van der Waals surface area contributed by atoms with E-state index < -0.39 is 21.9 Å². The lowest BCUT2D eigenvalue weighted by Gasteiger charge is -2.25. The fraction of sp³-hybridized carbons (Fsp3) is 0.462. The maximum atomic E-state index is 11.7. The van der Waals surface area contributed by atoms with Gasteiger partial charge in [-0.25, -0.2) is 13.2 Å². The van der Waals surface area contributed by atoms with Crippen LogP contribution < -0.4 is 4.74 Å². The van der Waals surface area contributed by atoms with E-state index in [1.54, 1.807) is 12.1 Å². The number of carboxylic acid groups (broad SMARTS) is 1. The van der Waals surface area contributed by atoms with Crippen molar-refractivity contribution in [2.45, 2.75) is 12.1 Å². The van der Waals surface area contributed by atoms with Crippen molar-refractivity contribution >= 4 is 15.8 Å². The molecule has 110 valence electrons. The van der Waals surface area contributed by atoms with E-state index in [4.69, 9.17) is 9.84 Å². The van der Waals surface area contributed by atoms with Gasteiger partial charge in [0.25, 0.3) is 0 Å². The lowest BCUT2D eigenvalue weighted by Crippen LogP contribution is -2.41. The van der Waals surface area contributed by atoms with E-state index >= 15 is 0 Å². The van der Waals surface area contributed by atoms with Gasteiger partial charge in [0.15, 0.2) is 9.84 Å². The highest BCUT2D eigenvalue weighted by Gasteiger charge is 2.40. The number of likely N-dealkylation sites (N-methyl/N-ethyl adjacent to an activating group) is 1. The van der Waals surface area contributed by atoms with Crippen LogP contribution >= 0.6 is 0 Å². The number of hydrogen-bond acceptors (Lipinski definition) is 5. The predicted molar refractivity (Wildman–Crippen MR) is 73.9 cm³/mol. The molecule has 1 saturated heterocycles. The predicted octanol–water partition coefficient (Wildman–Crippen LogP) is 0.491. The van der Waals surface area contributed by atoms with Crippen molar-refractivity contribution in [3.05, 3.63) is 29.8 Å². The van der Waals surface area contributed by atoms with Gasteiger partial charge in [0.2, 0.25) is 0 Å². The molecule has 2 atom stereocenters. The third-order valence-electron chi connectivity index (χ3n) is 3.32. The molecule has 7 heteroatoms.